The van der Waals surface area contributed by atoms with E-state index in [0.717, 1.165) is 11.9 Å². The summed E-state index contributed by atoms with van der Waals surface area (Å²) in [7, 11) is 0. The maximum atomic E-state index is 10.8. The smallest absolute Gasteiger partial charge is 0.349 e. The van der Waals surface area contributed by atoms with Crippen LogP contribution in [0.2, 0.25) is 5.28 Å². The van der Waals surface area contributed by atoms with Gasteiger partial charge in [-0.3, -0.25) is 15.1 Å². The Morgan fingerprint density at radius 3 is 2.89 bits per heavy atom. The predicted molar refractivity (Wildman–Crippen MR) is 67.1 cm³/mol. The number of nitrogens with zero attached hydrogens (tertiary/aromatic N) is 4. The van der Waals surface area contributed by atoms with Crippen LogP contribution in [0.15, 0.2) is 30.6 Å². The van der Waals surface area contributed by atoms with Gasteiger partial charge in [0.1, 0.15) is 6.20 Å². The zero-order valence-electron chi connectivity index (χ0n) is 9.69. The molecule has 0 aromatic carbocycles. The van der Waals surface area contributed by atoms with E-state index in [2.05, 4.69) is 15.0 Å². The molecule has 0 unspecified atom stereocenters. The Hall–Kier alpha value is -2.28. The van der Waals surface area contributed by atoms with Crippen molar-refractivity contribution in [2.75, 3.05) is 6.61 Å². The molecule has 2 rings (SSSR count). The van der Waals surface area contributed by atoms with Gasteiger partial charge in [-0.25, -0.2) is 4.98 Å². The zero-order valence-corrected chi connectivity index (χ0v) is 10.4. The van der Waals surface area contributed by atoms with Crippen LogP contribution in [0.5, 0.6) is 5.88 Å². The van der Waals surface area contributed by atoms with E-state index in [0.29, 0.717) is 6.42 Å². The Morgan fingerprint density at radius 2 is 2.21 bits per heavy atom. The number of nitro groups is 1. The van der Waals surface area contributed by atoms with Gasteiger partial charge in [-0.15, -0.1) is 0 Å². The maximum Gasteiger partial charge on any atom is 0.349 e. The molecule has 0 saturated carbocycles. The monoisotopic (exact) mass is 280 g/mol. The van der Waals surface area contributed by atoms with E-state index < -0.39 is 4.92 Å². The van der Waals surface area contributed by atoms with Crippen LogP contribution in [-0.2, 0) is 6.42 Å². The molecule has 0 N–H and O–H groups in total. The normalized spacial score (nSPS) is 10.2. The van der Waals surface area contributed by atoms with Crippen LogP contribution >= 0.6 is 11.6 Å². The summed E-state index contributed by atoms with van der Waals surface area (Å²) in [5, 5.41) is 10.7. The second-order valence-corrected chi connectivity index (χ2v) is 3.84. The van der Waals surface area contributed by atoms with Crippen molar-refractivity contribution in [3.05, 3.63) is 51.7 Å². The van der Waals surface area contributed by atoms with Gasteiger partial charge < -0.3 is 4.74 Å². The molecule has 2 aromatic heterocycles. The highest BCUT2D eigenvalue weighted by Gasteiger charge is 2.18. The molecule has 0 amide bonds. The number of pyridine rings is 1. The lowest BCUT2D eigenvalue weighted by molar-refractivity contribution is -0.386. The molecule has 0 aliphatic heterocycles. The molecule has 0 aliphatic rings. The summed E-state index contributed by atoms with van der Waals surface area (Å²) in [6.45, 7) is 0.213. The van der Waals surface area contributed by atoms with E-state index in [1.807, 2.05) is 12.1 Å². The first-order valence-electron chi connectivity index (χ1n) is 5.36. The van der Waals surface area contributed by atoms with Gasteiger partial charge in [0.05, 0.1) is 11.5 Å². The number of ether oxygens (including phenoxy) is 1. The molecule has 98 valence electrons. The first-order chi connectivity index (χ1) is 9.16. The standard InChI is InChI=1S/C11H9ClN4O3/c12-11-14-7-9(16(17)18)10(15-11)19-6-4-8-3-1-2-5-13-8/h1-3,5,7H,4,6H2. The number of hydrogen-bond acceptors (Lipinski definition) is 6. The quantitative estimate of drug-likeness (QED) is 0.473. The molecule has 2 aromatic rings. The molecule has 2 heterocycles. The molecule has 0 atom stereocenters. The fourth-order valence-electron chi connectivity index (χ4n) is 1.37. The fraction of sp³-hybridized carbons (Fsp3) is 0.182. The molecule has 0 spiro atoms. The van der Waals surface area contributed by atoms with Crippen LogP contribution < -0.4 is 4.74 Å². The summed E-state index contributed by atoms with van der Waals surface area (Å²) in [5.41, 5.74) is 0.510. The summed E-state index contributed by atoms with van der Waals surface area (Å²) in [5.74, 6) is -0.138. The number of aromatic nitrogens is 3. The second-order valence-electron chi connectivity index (χ2n) is 3.51. The Bertz CT molecular complexity index is 579. The molecule has 0 aliphatic carbocycles. The van der Waals surface area contributed by atoms with Crippen molar-refractivity contribution in [1.82, 2.24) is 15.0 Å². The van der Waals surface area contributed by atoms with Gasteiger partial charge in [-0.2, -0.15) is 4.98 Å². The number of hydrogen-bond donors (Lipinski definition) is 0. The molecule has 0 saturated heterocycles. The van der Waals surface area contributed by atoms with Gasteiger partial charge in [0.15, 0.2) is 0 Å². The lowest BCUT2D eigenvalue weighted by Crippen LogP contribution is -2.06. The van der Waals surface area contributed by atoms with E-state index in [1.54, 1.807) is 12.3 Å². The van der Waals surface area contributed by atoms with Crippen LogP contribution in [0.4, 0.5) is 5.69 Å². The van der Waals surface area contributed by atoms with Crippen molar-refractivity contribution < 1.29 is 9.66 Å². The second kappa shape index (κ2) is 6.05. The van der Waals surface area contributed by atoms with Crippen LogP contribution in [0.1, 0.15) is 5.69 Å². The topological polar surface area (TPSA) is 91.0 Å². The molecular weight excluding hydrogens is 272 g/mol. The average Bonchev–Trinajstić information content (AvgIpc) is 2.39. The van der Waals surface area contributed by atoms with Crippen molar-refractivity contribution in [3.63, 3.8) is 0 Å². The number of rotatable bonds is 5. The maximum absolute atomic E-state index is 10.8. The van der Waals surface area contributed by atoms with Gasteiger partial charge in [0.25, 0.3) is 5.88 Å². The highest BCUT2D eigenvalue weighted by molar-refractivity contribution is 6.28. The SMILES string of the molecule is O=[N+]([O-])c1cnc(Cl)nc1OCCc1ccccn1. The molecule has 0 radical (unpaired) electrons. The minimum absolute atomic E-state index is 0.0987. The zero-order chi connectivity index (χ0) is 13.7. The lowest BCUT2D eigenvalue weighted by atomic mass is 10.3. The van der Waals surface area contributed by atoms with E-state index >= 15 is 0 Å². The van der Waals surface area contributed by atoms with E-state index in [1.165, 1.54) is 0 Å². The van der Waals surface area contributed by atoms with E-state index in [9.17, 15) is 10.1 Å². The van der Waals surface area contributed by atoms with Crippen molar-refractivity contribution in [2.45, 2.75) is 6.42 Å². The summed E-state index contributed by atoms with van der Waals surface area (Å²) < 4.78 is 5.27. The third-order valence-electron chi connectivity index (χ3n) is 2.23. The van der Waals surface area contributed by atoms with Gasteiger partial charge in [-0.1, -0.05) is 6.07 Å². The fourth-order valence-corrected chi connectivity index (χ4v) is 1.49. The molecule has 0 bridgehead atoms. The third-order valence-corrected chi connectivity index (χ3v) is 2.41. The molecule has 0 fully saturated rings. The van der Waals surface area contributed by atoms with Crippen molar-refractivity contribution >= 4 is 17.3 Å². The van der Waals surface area contributed by atoms with Crippen molar-refractivity contribution in [3.8, 4) is 5.88 Å². The summed E-state index contributed by atoms with van der Waals surface area (Å²) in [6.07, 6.45) is 3.20. The minimum Gasteiger partial charge on any atom is -0.472 e. The van der Waals surface area contributed by atoms with E-state index in [-0.39, 0.29) is 23.5 Å². The summed E-state index contributed by atoms with van der Waals surface area (Å²) in [6, 6.07) is 5.50. The Labute approximate surface area is 113 Å². The van der Waals surface area contributed by atoms with Crippen LogP contribution in [0, 0.1) is 10.1 Å². The first kappa shape index (κ1) is 13.2. The minimum atomic E-state index is -0.619. The van der Waals surface area contributed by atoms with Crippen molar-refractivity contribution in [1.29, 1.82) is 0 Å². The largest absolute Gasteiger partial charge is 0.472 e. The average molecular weight is 281 g/mol. The van der Waals surface area contributed by atoms with Gasteiger partial charge in [-0.05, 0) is 23.7 Å². The highest BCUT2D eigenvalue weighted by Crippen LogP contribution is 2.24. The van der Waals surface area contributed by atoms with Gasteiger partial charge >= 0.3 is 5.69 Å². The lowest BCUT2D eigenvalue weighted by Gasteiger charge is -2.05. The molecule has 7 nitrogen and oxygen atoms in total. The van der Waals surface area contributed by atoms with Gasteiger partial charge in [0.2, 0.25) is 5.28 Å². The summed E-state index contributed by atoms with van der Waals surface area (Å²) in [4.78, 5) is 21.5. The highest BCUT2D eigenvalue weighted by atomic mass is 35.5. The van der Waals surface area contributed by atoms with Crippen LogP contribution in [-0.4, -0.2) is 26.5 Å². The Morgan fingerprint density at radius 1 is 1.37 bits per heavy atom. The van der Waals surface area contributed by atoms with E-state index in [4.69, 9.17) is 16.3 Å². The van der Waals surface area contributed by atoms with Gasteiger partial charge in [0, 0.05) is 18.3 Å². The molecule has 8 heteroatoms. The summed E-state index contributed by atoms with van der Waals surface area (Å²) >= 11 is 5.58. The van der Waals surface area contributed by atoms with Crippen LogP contribution in [0.3, 0.4) is 0 Å². The molecular formula is C11H9ClN4O3. The van der Waals surface area contributed by atoms with Crippen molar-refractivity contribution in [2.24, 2.45) is 0 Å². The Kier molecular flexibility index (Phi) is 4.19. The number of halogens is 1. The molecule has 19 heavy (non-hydrogen) atoms. The third kappa shape index (κ3) is 3.59. The first-order valence-corrected chi connectivity index (χ1v) is 5.74. The predicted octanol–water partition coefficient (Wildman–Crippen LogP) is 2.05. The van der Waals surface area contributed by atoms with Crippen LogP contribution in [0.25, 0.3) is 0 Å². The Balaban J connectivity index is 2.03.